The Labute approximate surface area is 107 Å². The van der Waals surface area contributed by atoms with Crippen LogP contribution in [0.3, 0.4) is 0 Å². The van der Waals surface area contributed by atoms with Crippen LogP contribution in [0.1, 0.15) is 18.5 Å². The van der Waals surface area contributed by atoms with Crippen molar-refractivity contribution in [2.24, 2.45) is 0 Å². The molecule has 1 N–H and O–H groups in total. The Kier molecular flexibility index (Phi) is 3.99. The molecule has 0 spiro atoms. The standard InChI is InChI=1S/C14H19N3O/c1-12(15-2)13-6-8-16(11-13)9-10-17-7-4-3-5-14(17)18/h3-8,11-12,15H,9-10H2,1-2H3. The van der Waals surface area contributed by atoms with Crippen LogP contribution in [0.15, 0.2) is 47.7 Å². The summed E-state index contributed by atoms with van der Waals surface area (Å²) in [7, 11) is 1.95. The molecule has 0 aromatic carbocycles. The van der Waals surface area contributed by atoms with Crippen LogP contribution in [-0.4, -0.2) is 16.2 Å². The second-order valence-corrected chi connectivity index (χ2v) is 4.43. The van der Waals surface area contributed by atoms with Crippen LogP contribution in [0.5, 0.6) is 0 Å². The molecule has 1 unspecified atom stereocenters. The van der Waals surface area contributed by atoms with Crippen molar-refractivity contribution < 1.29 is 0 Å². The summed E-state index contributed by atoms with van der Waals surface area (Å²) in [5.74, 6) is 0. The maximum absolute atomic E-state index is 11.5. The molecule has 0 aliphatic heterocycles. The average Bonchev–Trinajstić information content (AvgIpc) is 2.86. The van der Waals surface area contributed by atoms with Crippen LogP contribution in [0.2, 0.25) is 0 Å². The predicted molar refractivity (Wildman–Crippen MR) is 72.6 cm³/mol. The molecule has 0 saturated carbocycles. The van der Waals surface area contributed by atoms with Crippen molar-refractivity contribution in [2.45, 2.75) is 26.1 Å². The van der Waals surface area contributed by atoms with E-state index in [0.717, 1.165) is 6.54 Å². The first kappa shape index (κ1) is 12.6. The van der Waals surface area contributed by atoms with E-state index in [9.17, 15) is 4.79 Å². The quantitative estimate of drug-likeness (QED) is 0.869. The Morgan fingerprint density at radius 3 is 2.78 bits per heavy atom. The molecule has 0 aliphatic carbocycles. The van der Waals surface area contributed by atoms with Gasteiger partial charge in [-0.05, 0) is 31.7 Å². The number of rotatable bonds is 5. The lowest BCUT2D eigenvalue weighted by molar-refractivity contribution is 0.563. The van der Waals surface area contributed by atoms with Gasteiger partial charge in [-0.2, -0.15) is 0 Å². The number of aromatic nitrogens is 2. The van der Waals surface area contributed by atoms with Crippen LogP contribution < -0.4 is 10.9 Å². The lowest BCUT2D eigenvalue weighted by atomic mass is 10.2. The minimum Gasteiger partial charge on any atom is -0.352 e. The smallest absolute Gasteiger partial charge is 0.250 e. The number of pyridine rings is 1. The maximum atomic E-state index is 11.5. The number of nitrogens with one attached hydrogen (secondary N) is 1. The second kappa shape index (κ2) is 5.69. The lowest BCUT2D eigenvalue weighted by Gasteiger charge is -2.08. The van der Waals surface area contributed by atoms with Gasteiger partial charge >= 0.3 is 0 Å². The fourth-order valence-corrected chi connectivity index (χ4v) is 1.89. The lowest BCUT2D eigenvalue weighted by Crippen LogP contribution is -2.20. The van der Waals surface area contributed by atoms with Gasteiger partial charge in [-0.1, -0.05) is 6.07 Å². The summed E-state index contributed by atoms with van der Waals surface area (Å²) in [4.78, 5) is 11.5. The van der Waals surface area contributed by atoms with Gasteiger partial charge in [-0.3, -0.25) is 4.79 Å². The molecule has 0 aliphatic rings. The molecule has 2 aromatic rings. The van der Waals surface area contributed by atoms with Crippen LogP contribution in [0.4, 0.5) is 0 Å². The molecule has 18 heavy (non-hydrogen) atoms. The van der Waals surface area contributed by atoms with E-state index in [1.165, 1.54) is 5.56 Å². The minimum absolute atomic E-state index is 0.0495. The predicted octanol–water partition coefficient (Wildman–Crippen LogP) is 1.63. The molecule has 0 radical (unpaired) electrons. The molecular weight excluding hydrogens is 226 g/mol. The van der Waals surface area contributed by atoms with Gasteiger partial charge in [0.15, 0.2) is 0 Å². The van der Waals surface area contributed by atoms with Gasteiger partial charge in [-0.25, -0.2) is 0 Å². The van der Waals surface area contributed by atoms with Gasteiger partial charge in [0.05, 0.1) is 0 Å². The first-order valence-electron chi connectivity index (χ1n) is 6.19. The Balaban J connectivity index is 2.01. The van der Waals surface area contributed by atoms with Crippen LogP contribution in [0.25, 0.3) is 0 Å². The molecule has 96 valence electrons. The number of hydrogen-bond donors (Lipinski definition) is 1. The van der Waals surface area contributed by atoms with Crippen molar-refractivity contribution in [2.75, 3.05) is 7.05 Å². The zero-order valence-electron chi connectivity index (χ0n) is 10.8. The summed E-state index contributed by atoms with van der Waals surface area (Å²) in [6, 6.07) is 7.69. The molecule has 4 nitrogen and oxygen atoms in total. The molecular formula is C14H19N3O. The van der Waals surface area contributed by atoms with E-state index < -0.39 is 0 Å². The van der Waals surface area contributed by atoms with Gasteiger partial charge in [0.2, 0.25) is 0 Å². The highest BCUT2D eigenvalue weighted by Crippen LogP contribution is 2.11. The van der Waals surface area contributed by atoms with Gasteiger partial charge in [0, 0.05) is 43.8 Å². The Morgan fingerprint density at radius 1 is 1.22 bits per heavy atom. The van der Waals surface area contributed by atoms with Crippen molar-refractivity contribution in [3.8, 4) is 0 Å². The fourth-order valence-electron chi connectivity index (χ4n) is 1.89. The highest BCUT2D eigenvalue weighted by atomic mass is 16.1. The Bertz CT molecular complexity index is 556. The molecule has 0 amide bonds. The molecule has 2 heterocycles. The van der Waals surface area contributed by atoms with E-state index in [1.807, 2.05) is 19.3 Å². The van der Waals surface area contributed by atoms with Crippen molar-refractivity contribution >= 4 is 0 Å². The molecule has 4 heteroatoms. The van der Waals surface area contributed by atoms with Crippen molar-refractivity contribution in [1.29, 1.82) is 0 Å². The van der Waals surface area contributed by atoms with Crippen molar-refractivity contribution in [3.05, 3.63) is 58.8 Å². The zero-order chi connectivity index (χ0) is 13.0. The van der Waals surface area contributed by atoms with Crippen LogP contribution in [-0.2, 0) is 13.1 Å². The van der Waals surface area contributed by atoms with Gasteiger partial charge < -0.3 is 14.5 Å². The Morgan fingerprint density at radius 2 is 2.06 bits per heavy atom. The van der Waals surface area contributed by atoms with Gasteiger partial charge in [0.1, 0.15) is 0 Å². The van der Waals surface area contributed by atoms with E-state index in [2.05, 4.69) is 35.3 Å². The second-order valence-electron chi connectivity index (χ2n) is 4.43. The van der Waals surface area contributed by atoms with Crippen LogP contribution in [0, 0.1) is 0 Å². The summed E-state index contributed by atoms with van der Waals surface area (Å²) in [6.07, 6.45) is 6.00. The SMILES string of the molecule is CNC(C)c1ccn(CCn2ccccc2=O)c1. The fraction of sp³-hybridized carbons (Fsp3) is 0.357. The number of nitrogens with zero attached hydrogens (tertiary/aromatic N) is 2. The monoisotopic (exact) mass is 245 g/mol. The first-order chi connectivity index (χ1) is 8.70. The highest BCUT2D eigenvalue weighted by Gasteiger charge is 2.04. The topological polar surface area (TPSA) is 39.0 Å². The average molecular weight is 245 g/mol. The number of hydrogen-bond acceptors (Lipinski definition) is 2. The molecule has 2 aromatic heterocycles. The molecule has 0 bridgehead atoms. The largest absolute Gasteiger partial charge is 0.352 e. The summed E-state index contributed by atoms with van der Waals surface area (Å²) >= 11 is 0. The van der Waals surface area contributed by atoms with Gasteiger partial charge in [0.25, 0.3) is 5.56 Å². The van der Waals surface area contributed by atoms with E-state index in [4.69, 9.17) is 0 Å². The third-order valence-electron chi connectivity index (χ3n) is 3.20. The van der Waals surface area contributed by atoms with Crippen molar-refractivity contribution in [1.82, 2.24) is 14.5 Å². The highest BCUT2D eigenvalue weighted by molar-refractivity contribution is 5.14. The number of aryl methyl sites for hydroxylation is 2. The normalized spacial score (nSPS) is 12.6. The van der Waals surface area contributed by atoms with Crippen LogP contribution >= 0.6 is 0 Å². The first-order valence-corrected chi connectivity index (χ1v) is 6.19. The van der Waals surface area contributed by atoms with E-state index >= 15 is 0 Å². The molecule has 0 fully saturated rings. The van der Waals surface area contributed by atoms with E-state index in [0.29, 0.717) is 12.6 Å². The molecule has 1 atom stereocenters. The summed E-state index contributed by atoms with van der Waals surface area (Å²) in [6.45, 7) is 3.63. The summed E-state index contributed by atoms with van der Waals surface area (Å²) in [5.41, 5.74) is 1.31. The Hall–Kier alpha value is -1.81. The third kappa shape index (κ3) is 2.90. The van der Waals surface area contributed by atoms with E-state index in [1.54, 1.807) is 16.7 Å². The summed E-state index contributed by atoms with van der Waals surface area (Å²) in [5, 5.41) is 3.21. The van der Waals surface area contributed by atoms with E-state index in [-0.39, 0.29) is 5.56 Å². The molecule has 0 saturated heterocycles. The summed E-state index contributed by atoms with van der Waals surface area (Å²) < 4.78 is 3.84. The zero-order valence-corrected chi connectivity index (χ0v) is 10.8. The third-order valence-corrected chi connectivity index (χ3v) is 3.20. The van der Waals surface area contributed by atoms with Crippen molar-refractivity contribution in [3.63, 3.8) is 0 Å². The minimum atomic E-state index is 0.0495. The molecule has 2 rings (SSSR count). The van der Waals surface area contributed by atoms with Gasteiger partial charge in [-0.15, -0.1) is 0 Å². The maximum Gasteiger partial charge on any atom is 0.250 e.